The first-order valence-electron chi connectivity index (χ1n) is 7.80. The predicted molar refractivity (Wildman–Crippen MR) is 88.4 cm³/mol. The lowest BCUT2D eigenvalue weighted by Gasteiger charge is -2.33. The highest BCUT2D eigenvalue weighted by molar-refractivity contribution is 7.08. The van der Waals surface area contributed by atoms with Crippen LogP contribution in [0, 0.1) is 6.92 Å². The van der Waals surface area contributed by atoms with E-state index in [9.17, 15) is 4.79 Å². The zero-order valence-electron chi connectivity index (χ0n) is 13.4. The third kappa shape index (κ3) is 3.73. The summed E-state index contributed by atoms with van der Waals surface area (Å²) in [6, 6.07) is 2.01. The molecule has 6 nitrogen and oxygen atoms in total. The lowest BCUT2D eigenvalue weighted by atomic mass is 10.3. The van der Waals surface area contributed by atoms with Gasteiger partial charge in [-0.05, 0) is 25.3 Å². The van der Waals surface area contributed by atoms with E-state index < -0.39 is 0 Å². The van der Waals surface area contributed by atoms with Crippen molar-refractivity contribution in [2.75, 3.05) is 32.8 Å². The van der Waals surface area contributed by atoms with Gasteiger partial charge in [0.05, 0.1) is 12.3 Å². The first kappa shape index (κ1) is 16.0. The van der Waals surface area contributed by atoms with Crippen LogP contribution in [0.4, 0.5) is 4.79 Å². The average Bonchev–Trinajstić information content (AvgIpc) is 3.19. The van der Waals surface area contributed by atoms with Gasteiger partial charge in [-0.25, -0.2) is 9.78 Å². The lowest BCUT2D eigenvalue weighted by molar-refractivity contribution is 0.0774. The van der Waals surface area contributed by atoms with E-state index in [2.05, 4.69) is 9.88 Å². The third-order valence-electron chi connectivity index (χ3n) is 3.93. The molecular formula is C16H21N3O3S. The quantitative estimate of drug-likeness (QED) is 0.860. The number of hydrogen-bond donors (Lipinski definition) is 0. The standard InChI is InChI=1S/C16H21N3O3S/c1-3-21-16(20)19-7-5-18(6-8-19)10-14-12(2)22-15(17-14)13-4-9-23-11-13/h4,9,11H,3,5-8,10H2,1-2H3. The van der Waals surface area contributed by atoms with Crippen molar-refractivity contribution in [2.24, 2.45) is 0 Å². The minimum absolute atomic E-state index is 0.218. The molecule has 0 saturated carbocycles. The molecule has 7 heteroatoms. The summed E-state index contributed by atoms with van der Waals surface area (Å²) in [6.07, 6.45) is -0.218. The number of aryl methyl sites for hydroxylation is 1. The van der Waals surface area contributed by atoms with Crippen LogP contribution >= 0.6 is 11.3 Å². The Morgan fingerprint density at radius 1 is 1.39 bits per heavy atom. The van der Waals surface area contributed by atoms with Crippen molar-refractivity contribution in [2.45, 2.75) is 20.4 Å². The molecule has 1 fully saturated rings. The molecule has 0 aromatic carbocycles. The summed E-state index contributed by atoms with van der Waals surface area (Å²) in [6.45, 7) is 7.95. The van der Waals surface area contributed by atoms with E-state index in [0.717, 1.165) is 36.7 Å². The fourth-order valence-electron chi connectivity index (χ4n) is 2.60. The van der Waals surface area contributed by atoms with Gasteiger partial charge in [0.1, 0.15) is 5.76 Å². The Labute approximate surface area is 139 Å². The largest absolute Gasteiger partial charge is 0.450 e. The van der Waals surface area contributed by atoms with E-state index in [1.54, 1.807) is 16.2 Å². The number of ether oxygens (including phenoxy) is 1. The maximum atomic E-state index is 11.7. The maximum Gasteiger partial charge on any atom is 0.409 e. The molecule has 0 bridgehead atoms. The zero-order chi connectivity index (χ0) is 16.2. The molecule has 1 amide bonds. The molecule has 2 aromatic rings. The highest BCUT2D eigenvalue weighted by Gasteiger charge is 2.23. The van der Waals surface area contributed by atoms with Gasteiger partial charge in [0.15, 0.2) is 0 Å². The second-order valence-corrected chi connectivity index (χ2v) is 6.28. The van der Waals surface area contributed by atoms with Crippen LogP contribution in [0.15, 0.2) is 21.2 Å². The van der Waals surface area contributed by atoms with E-state index in [1.165, 1.54) is 0 Å². The summed E-state index contributed by atoms with van der Waals surface area (Å²) in [4.78, 5) is 20.4. The van der Waals surface area contributed by atoms with Crippen molar-refractivity contribution in [3.05, 3.63) is 28.3 Å². The molecule has 0 aliphatic carbocycles. The first-order chi connectivity index (χ1) is 11.2. The molecular weight excluding hydrogens is 314 g/mol. The van der Waals surface area contributed by atoms with E-state index >= 15 is 0 Å². The molecule has 124 valence electrons. The number of thiophene rings is 1. The lowest BCUT2D eigenvalue weighted by Crippen LogP contribution is -2.48. The number of hydrogen-bond acceptors (Lipinski definition) is 6. The number of amides is 1. The molecule has 0 N–H and O–H groups in total. The van der Waals surface area contributed by atoms with Gasteiger partial charge in [-0.3, -0.25) is 4.90 Å². The molecule has 1 aliphatic heterocycles. The van der Waals surface area contributed by atoms with Gasteiger partial charge in [-0.2, -0.15) is 11.3 Å². The second kappa shape index (κ2) is 7.14. The Hall–Kier alpha value is -1.86. The van der Waals surface area contributed by atoms with E-state index in [0.29, 0.717) is 25.6 Å². The third-order valence-corrected chi connectivity index (χ3v) is 4.62. The zero-order valence-corrected chi connectivity index (χ0v) is 14.3. The highest BCUT2D eigenvalue weighted by Crippen LogP contribution is 2.24. The Morgan fingerprint density at radius 2 is 2.17 bits per heavy atom. The van der Waals surface area contributed by atoms with Crippen molar-refractivity contribution in [3.63, 3.8) is 0 Å². The molecule has 23 heavy (non-hydrogen) atoms. The summed E-state index contributed by atoms with van der Waals surface area (Å²) in [7, 11) is 0. The summed E-state index contributed by atoms with van der Waals surface area (Å²) in [5, 5.41) is 4.05. The van der Waals surface area contributed by atoms with Crippen molar-refractivity contribution < 1.29 is 13.9 Å². The van der Waals surface area contributed by atoms with Gasteiger partial charge in [0.2, 0.25) is 5.89 Å². The van der Waals surface area contributed by atoms with Gasteiger partial charge in [0.25, 0.3) is 0 Å². The number of aromatic nitrogens is 1. The normalized spacial score (nSPS) is 15.8. The van der Waals surface area contributed by atoms with E-state index in [1.807, 2.05) is 30.7 Å². The van der Waals surface area contributed by atoms with Crippen LogP contribution < -0.4 is 0 Å². The number of carbonyl (C=O) groups is 1. The van der Waals surface area contributed by atoms with E-state index in [-0.39, 0.29) is 6.09 Å². The van der Waals surface area contributed by atoms with Crippen LogP contribution in [0.5, 0.6) is 0 Å². The van der Waals surface area contributed by atoms with Crippen LogP contribution in [-0.2, 0) is 11.3 Å². The van der Waals surface area contributed by atoms with Crippen LogP contribution in [0.3, 0.4) is 0 Å². The van der Waals surface area contributed by atoms with Gasteiger partial charge >= 0.3 is 6.09 Å². The highest BCUT2D eigenvalue weighted by atomic mass is 32.1. The van der Waals surface area contributed by atoms with Crippen LogP contribution in [-0.4, -0.2) is 53.7 Å². The number of carbonyl (C=O) groups excluding carboxylic acids is 1. The minimum atomic E-state index is -0.218. The van der Waals surface area contributed by atoms with Gasteiger partial charge in [0, 0.05) is 43.7 Å². The molecule has 2 aromatic heterocycles. The topological polar surface area (TPSA) is 58.8 Å². The van der Waals surface area contributed by atoms with Crippen molar-refractivity contribution >= 4 is 17.4 Å². The fraction of sp³-hybridized carbons (Fsp3) is 0.500. The molecule has 0 unspecified atom stereocenters. The monoisotopic (exact) mass is 335 g/mol. The summed E-state index contributed by atoms with van der Waals surface area (Å²) >= 11 is 1.63. The Bertz CT molecular complexity index is 646. The molecule has 3 rings (SSSR count). The summed E-state index contributed by atoms with van der Waals surface area (Å²) in [5.74, 6) is 1.54. The molecule has 0 radical (unpaired) electrons. The number of oxazole rings is 1. The van der Waals surface area contributed by atoms with Crippen LogP contribution in [0.2, 0.25) is 0 Å². The SMILES string of the molecule is CCOC(=O)N1CCN(Cc2nc(-c3ccsc3)oc2C)CC1. The molecule has 1 aliphatic rings. The number of rotatable bonds is 4. The Morgan fingerprint density at radius 3 is 2.83 bits per heavy atom. The average molecular weight is 335 g/mol. The smallest absolute Gasteiger partial charge is 0.409 e. The van der Waals surface area contributed by atoms with Gasteiger partial charge < -0.3 is 14.1 Å². The minimum Gasteiger partial charge on any atom is -0.450 e. The van der Waals surface area contributed by atoms with Crippen molar-refractivity contribution in [1.82, 2.24) is 14.8 Å². The van der Waals surface area contributed by atoms with Gasteiger partial charge in [-0.1, -0.05) is 0 Å². The van der Waals surface area contributed by atoms with Crippen LogP contribution in [0.1, 0.15) is 18.4 Å². The Balaban J connectivity index is 1.58. The van der Waals surface area contributed by atoms with Gasteiger partial charge in [-0.15, -0.1) is 0 Å². The Kier molecular flexibility index (Phi) is 4.97. The van der Waals surface area contributed by atoms with Crippen molar-refractivity contribution in [3.8, 4) is 11.5 Å². The van der Waals surface area contributed by atoms with E-state index in [4.69, 9.17) is 9.15 Å². The number of piperazine rings is 1. The molecule has 3 heterocycles. The fourth-order valence-corrected chi connectivity index (χ4v) is 3.23. The van der Waals surface area contributed by atoms with Crippen molar-refractivity contribution in [1.29, 1.82) is 0 Å². The molecule has 0 spiro atoms. The summed E-state index contributed by atoms with van der Waals surface area (Å²) < 4.78 is 10.8. The first-order valence-corrected chi connectivity index (χ1v) is 8.74. The maximum absolute atomic E-state index is 11.7. The molecule has 1 saturated heterocycles. The number of nitrogens with zero attached hydrogens (tertiary/aromatic N) is 3. The predicted octanol–water partition coefficient (Wildman–Crippen LogP) is 2.99. The second-order valence-electron chi connectivity index (χ2n) is 5.50. The summed E-state index contributed by atoms with van der Waals surface area (Å²) in [5.41, 5.74) is 1.99. The molecule has 0 atom stereocenters. The van der Waals surface area contributed by atoms with Crippen LogP contribution in [0.25, 0.3) is 11.5 Å².